The van der Waals surface area contributed by atoms with Crippen molar-refractivity contribution in [1.82, 2.24) is 9.47 Å². The molecule has 0 aliphatic carbocycles. The molecule has 202 valence electrons. The van der Waals surface area contributed by atoms with Crippen molar-refractivity contribution >= 4 is 39.3 Å². The summed E-state index contributed by atoms with van der Waals surface area (Å²) in [5.41, 5.74) is 5.24. The van der Waals surface area contributed by atoms with Crippen LogP contribution in [0.4, 0.5) is 5.69 Å². The number of anilines is 1. The van der Waals surface area contributed by atoms with Crippen LogP contribution in [-0.4, -0.2) is 57.8 Å². The van der Waals surface area contributed by atoms with Gasteiger partial charge in [0.05, 0.1) is 5.52 Å². The zero-order valence-electron chi connectivity index (χ0n) is 22.1. The third-order valence-corrected chi connectivity index (χ3v) is 7.06. The van der Waals surface area contributed by atoms with E-state index in [1.54, 1.807) is 0 Å². The number of carbonyl (C=O) groups is 2. The molecule has 0 unspecified atom stereocenters. The lowest BCUT2D eigenvalue weighted by Gasteiger charge is -2.36. The number of hydrogen-bond donors (Lipinski definition) is 2. The number of carboxylic acids is 2. The van der Waals surface area contributed by atoms with Crippen molar-refractivity contribution in [3.63, 3.8) is 0 Å². The van der Waals surface area contributed by atoms with Gasteiger partial charge in [0.25, 0.3) is 0 Å². The van der Waals surface area contributed by atoms with Gasteiger partial charge in [0, 0.05) is 67.8 Å². The predicted octanol–water partition coefficient (Wildman–Crippen LogP) is 5.82. The molecule has 40 heavy (non-hydrogen) atoms. The third-order valence-electron chi connectivity index (χ3n) is 7.06. The van der Waals surface area contributed by atoms with E-state index < -0.39 is 11.9 Å². The number of para-hydroxylation sites is 2. The van der Waals surface area contributed by atoms with Gasteiger partial charge in [-0.15, -0.1) is 0 Å². The summed E-state index contributed by atoms with van der Waals surface area (Å²) in [6.07, 6.45) is 3.46. The van der Waals surface area contributed by atoms with Crippen molar-refractivity contribution in [3.8, 4) is 5.69 Å². The van der Waals surface area contributed by atoms with Gasteiger partial charge < -0.3 is 19.7 Å². The Hall–Kier alpha value is -4.88. The molecular formula is C33H31N3O4. The van der Waals surface area contributed by atoms with Crippen LogP contribution < -0.4 is 4.90 Å². The topological polar surface area (TPSA) is 86.0 Å². The molecule has 1 aliphatic heterocycles. The van der Waals surface area contributed by atoms with Crippen molar-refractivity contribution in [3.05, 3.63) is 121 Å². The summed E-state index contributed by atoms with van der Waals surface area (Å²) in [4.78, 5) is 24.2. The summed E-state index contributed by atoms with van der Waals surface area (Å²) in [5, 5.41) is 19.5. The van der Waals surface area contributed by atoms with Gasteiger partial charge in [-0.1, -0.05) is 66.7 Å². The molecule has 0 atom stereocenters. The first-order valence-electron chi connectivity index (χ1n) is 13.2. The molecule has 4 aromatic carbocycles. The number of aromatic nitrogens is 1. The first-order chi connectivity index (χ1) is 19.5. The Morgan fingerprint density at radius 3 is 2.00 bits per heavy atom. The fourth-order valence-electron chi connectivity index (χ4n) is 5.10. The van der Waals surface area contributed by atoms with Gasteiger partial charge in [-0.2, -0.15) is 0 Å². The van der Waals surface area contributed by atoms with E-state index in [1.165, 1.54) is 38.6 Å². The van der Waals surface area contributed by atoms with E-state index in [0.717, 1.165) is 32.7 Å². The van der Waals surface area contributed by atoms with Crippen LogP contribution in [0.2, 0.25) is 0 Å². The molecule has 0 bridgehead atoms. The molecule has 1 fully saturated rings. The fourth-order valence-corrected chi connectivity index (χ4v) is 5.10. The van der Waals surface area contributed by atoms with Gasteiger partial charge in [0.1, 0.15) is 0 Å². The van der Waals surface area contributed by atoms with E-state index in [4.69, 9.17) is 10.2 Å². The summed E-state index contributed by atoms with van der Waals surface area (Å²) in [6, 6.07) is 34.9. The molecule has 2 heterocycles. The molecule has 7 nitrogen and oxygen atoms in total. The predicted molar refractivity (Wildman–Crippen MR) is 159 cm³/mol. The maximum Gasteiger partial charge on any atom is 0.328 e. The van der Waals surface area contributed by atoms with E-state index in [0.29, 0.717) is 12.2 Å². The quantitative estimate of drug-likeness (QED) is 0.268. The average molecular weight is 534 g/mol. The molecule has 0 radical (unpaired) electrons. The Kier molecular flexibility index (Phi) is 8.23. The monoisotopic (exact) mass is 533 g/mol. The molecule has 0 spiro atoms. The molecule has 2 N–H and O–H groups in total. The zero-order chi connectivity index (χ0) is 27.9. The van der Waals surface area contributed by atoms with Crippen molar-refractivity contribution in [1.29, 1.82) is 0 Å². The molecule has 1 aliphatic rings. The number of benzene rings is 4. The molecule has 0 saturated carbocycles. The summed E-state index contributed by atoms with van der Waals surface area (Å²) >= 11 is 0. The summed E-state index contributed by atoms with van der Waals surface area (Å²) in [5.74, 6) is -2.51. The van der Waals surface area contributed by atoms with Crippen LogP contribution in [0.25, 0.3) is 27.4 Å². The van der Waals surface area contributed by atoms with Gasteiger partial charge in [0.15, 0.2) is 0 Å². The van der Waals surface area contributed by atoms with Crippen molar-refractivity contribution < 1.29 is 19.8 Å². The minimum absolute atomic E-state index is 0.558. The first kappa shape index (κ1) is 26.7. The number of fused-ring (bicyclic) bond motifs is 2. The number of nitrogens with zero attached hydrogens (tertiary/aromatic N) is 3. The lowest BCUT2D eigenvalue weighted by molar-refractivity contribution is -0.134. The lowest BCUT2D eigenvalue weighted by atomic mass is 10.1. The lowest BCUT2D eigenvalue weighted by Crippen LogP contribution is -2.45. The van der Waals surface area contributed by atoms with Crippen molar-refractivity contribution in [2.24, 2.45) is 0 Å². The van der Waals surface area contributed by atoms with Gasteiger partial charge in [-0.3, -0.25) is 4.90 Å². The number of rotatable bonds is 6. The van der Waals surface area contributed by atoms with Crippen LogP contribution in [-0.2, 0) is 16.1 Å². The fraction of sp³-hybridized carbons (Fsp3) is 0.152. The second-order valence-electron chi connectivity index (χ2n) is 9.68. The van der Waals surface area contributed by atoms with Gasteiger partial charge >= 0.3 is 11.9 Å². The molecule has 6 rings (SSSR count). The third kappa shape index (κ3) is 6.39. The van der Waals surface area contributed by atoms with Crippen LogP contribution in [0, 0.1) is 0 Å². The maximum atomic E-state index is 9.55. The average Bonchev–Trinajstić information content (AvgIpc) is 3.35. The first-order valence-corrected chi connectivity index (χ1v) is 13.2. The minimum atomic E-state index is -1.26. The Labute approximate surface area is 232 Å². The van der Waals surface area contributed by atoms with E-state index in [1.807, 2.05) is 0 Å². The standard InChI is InChI=1S/C29H27N3.C4H4O4/c1-2-10-26(11-3-1)31-18-16-30(17-19-31)21-25-22-32(29-13-7-6-12-28(25)29)27-15-14-23-8-4-5-9-24(23)20-27;5-3(6)1-2-4(7)8/h1-15,20,22H,16-19,21H2;1-2H,(H,5,6)(H,7,8)/b;2-1+. The molecule has 1 saturated heterocycles. The van der Waals surface area contributed by atoms with E-state index >= 15 is 0 Å². The van der Waals surface area contributed by atoms with Crippen LogP contribution >= 0.6 is 0 Å². The Morgan fingerprint density at radius 2 is 1.30 bits per heavy atom. The number of aliphatic carboxylic acids is 2. The van der Waals surface area contributed by atoms with Gasteiger partial charge in [-0.25, -0.2) is 9.59 Å². The number of hydrogen-bond acceptors (Lipinski definition) is 4. The van der Waals surface area contributed by atoms with Crippen molar-refractivity contribution in [2.75, 3.05) is 31.1 Å². The SMILES string of the molecule is O=C(O)/C=C/C(=O)O.c1ccc(N2CCN(Cc3cn(-c4ccc5ccccc5c4)c4ccccc34)CC2)cc1. The summed E-state index contributed by atoms with van der Waals surface area (Å²) in [6.45, 7) is 5.32. The number of carboxylic acid groups (broad SMARTS) is 2. The van der Waals surface area contributed by atoms with Crippen LogP contribution in [0.3, 0.4) is 0 Å². The molecular weight excluding hydrogens is 502 g/mol. The van der Waals surface area contributed by atoms with Crippen molar-refractivity contribution in [2.45, 2.75) is 6.54 Å². The normalized spacial score (nSPS) is 13.8. The Morgan fingerprint density at radius 1 is 0.675 bits per heavy atom. The largest absolute Gasteiger partial charge is 0.478 e. The molecule has 1 aromatic heterocycles. The highest BCUT2D eigenvalue weighted by Crippen LogP contribution is 2.28. The van der Waals surface area contributed by atoms with E-state index in [-0.39, 0.29) is 0 Å². The Bertz CT molecular complexity index is 1630. The highest BCUT2D eigenvalue weighted by molar-refractivity contribution is 5.90. The van der Waals surface area contributed by atoms with Crippen LogP contribution in [0.5, 0.6) is 0 Å². The zero-order valence-corrected chi connectivity index (χ0v) is 22.1. The molecule has 0 amide bonds. The number of piperazine rings is 1. The second kappa shape index (κ2) is 12.3. The second-order valence-corrected chi connectivity index (χ2v) is 9.68. The van der Waals surface area contributed by atoms with Gasteiger partial charge in [0.2, 0.25) is 0 Å². The summed E-state index contributed by atoms with van der Waals surface area (Å²) < 4.78 is 2.36. The molecule has 5 aromatic rings. The highest BCUT2D eigenvalue weighted by atomic mass is 16.4. The van der Waals surface area contributed by atoms with Gasteiger partial charge in [-0.05, 0) is 46.7 Å². The maximum absolute atomic E-state index is 9.55. The van der Waals surface area contributed by atoms with E-state index in [9.17, 15) is 9.59 Å². The highest BCUT2D eigenvalue weighted by Gasteiger charge is 2.19. The Balaban J connectivity index is 0.000000355. The molecule has 7 heteroatoms. The smallest absolute Gasteiger partial charge is 0.328 e. The van der Waals surface area contributed by atoms with E-state index in [2.05, 4.69) is 118 Å². The van der Waals surface area contributed by atoms with Crippen LogP contribution in [0.15, 0.2) is 115 Å². The van der Waals surface area contributed by atoms with Crippen LogP contribution in [0.1, 0.15) is 5.56 Å². The minimum Gasteiger partial charge on any atom is -0.478 e. The summed E-state index contributed by atoms with van der Waals surface area (Å²) in [7, 11) is 0.